The lowest BCUT2D eigenvalue weighted by Crippen LogP contribution is -2.14. The monoisotopic (exact) mass is 441 g/mol. The van der Waals surface area contributed by atoms with E-state index >= 15 is 0 Å². The molecule has 0 unspecified atom stereocenters. The van der Waals surface area contributed by atoms with E-state index in [-0.39, 0.29) is 5.56 Å². The maximum atomic E-state index is 12.4. The van der Waals surface area contributed by atoms with Crippen LogP contribution in [-0.4, -0.2) is 19.9 Å². The Kier molecular flexibility index (Phi) is 6.58. The fourth-order valence-electron chi connectivity index (χ4n) is 3.05. The molecule has 0 aliphatic carbocycles. The van der Waals surface area contributed by atoms with E-state index in [1.165, 1.54) is 18.1 Å². The Morgan fingerprint density at radius 1 is 1.09 bits per heavy atom. The fourth-order valence-corrected chi connectivity index (χ4v) is 3.82. The summed E-state index contributed by atoms with van der Waals surface area (Å²) in [6.07, 6.45) is 6.79. The van der Waals surface area contributed by atoms with Gasteiger partial charge in [0.15, 0.2) is 5.16 Å². The molecule has 2 heterocycles. The van der Waals surface area contributed by atoms with Gasteiger partial charge in [0.05, 0.1) is 5.56 Å². The molecule has 0 fully saturated rings. The van der Waals surface area contributed by atoms with Gasteiger partial charge >= 0.3 is 0 Å². The number of ether oxygens (including phenoxy) is 1. The Bertz CT molecular complexity index is 1330. The van der Waals surface area contributed by atoms with Crippen LogP contribution in [0.25, 0.3) is 0 Å². The van der Waals surface area contributed by atoms with Crippen LogP contribution in [0.15, 0.2) is 77.3 Å². The molecule has 0 saturated heterocycles. The zero-order chi connectivity index (χ0) is 22.3. The van der Waals surface area contributed by atoms with Crippen molar-refractivity contribution in [2.75, 3.05) is 0 Å². The smallest absolute Gasteiger partial charge is 0.255 e. The molecular weight excluding hydrogens is 422 g/mol. The molecule has 1 N–H and O–H groups in total. The maximum Gasteiger partial charge on any atom is 0.255 e. The Labute approximate surface area is 189 Å². The number of nitrogens with zero attached hydrogens (tertiary/aromatic N) is 4. The second-order valence-electron chi connectivity index (χ2n) is 7.12. The molecule has 0 saturated carbocycles. The van der Waals surface area contributed by atoms with Crippen LogP contribution in [0.4, 0.5) is 0 Å². The van der Waals surface area contributed by atoms with Gasteiger partial charge in [-0.2, -0.15) is 5.26 Å². The third kappa shape index (κ3) is 5.39. The predicted molar refractivity (Wildman–Crippen MR) is 122 cm³/mol. The van der Waals surface area contributed by atoms with Crippen molar-refractivity contribution < 1.29 is 4.74 Å². The molecule has 0 aliphatic rings. The molecular formula is C24H19N5O2S. The number of nitrogens with one attached hydrogen (secondary N) is 1. The van der Waals surface area contributed by atoms with Crippen LogP contribution in [0.5, 0.6) is 11.5 Å². The van der Waals surface area contributed by atoms with Gasteiger partial charge in [-0.3, -0.25) is 4.79 Å². The highest BCUT2D eigenvalue weighted by atomic mass is 32.2. The van der Waals surface area contributed by atoms with Gasteiger partial charge in [-0.05, 0) is 47.9 Å². The second kappa shape index (κ2) is 9.90. The lowest BCUT2D eigenvalue weighted by molar-refractivity contribution is 0.480. The van der Waals surface area contributed by atoms with Gasteiger partial charge in [-0.1, -0.05) is 30.0 Å². The molecule has 0 spiro atoms. The van der Waals surface area contributed by atoms with Crippen molar-refractivity contribution in [3.05, 3.63) is 106 Å². The standard InChI is InChI=1S/C24H19N5O2S/c1-16-3-2-4-21(7-16)31-22-6-5-17(8-19(22)10-25)14-32-24-28-13-20(23(30)29-24)9-18-11-26-15-27-12-18/h2-8,11-13,15H,9,14H2,1H3,(H,28,29,30). The van der Waals surface area contributed by atoms with Gasteiger partial charge < -0.3 is 9.72 Å². The molecule has 4 rings (SSSR count). The van der Waals surface area contributed by atoms with Gasteiger partial charge in [-0.25, -0.2) is 15.0 Å². The molecule has 2 aromatic heterocycles. The predicted octanol–water partition coefficient (Wildman–Crippen LogP) is 4.42. The Morgan fingerprint density at radius 2 is 1.94 bits per heavy atom. The van der Waals surface area contributed by atoms with E-state index in [0.29, 0.717) is 40.0 Å². The Hall–Kier alpha value is -3.96. The van der Waals surface area contributed by atoms with Crippen molar-refractivity contribution in [1.29, 1.82) is 5.26 Å². The Morgan fingerprint density at radius 3 is 2.69 bits per heavy atom. The fraction of sp³-hybridized carbons (Fsp3) is 0.125. The molecule has 0 radical (unpaired) electrons. The number of hydrogen-bond acceptors (Lipinski definition) is 7. The lowest BCUT2D eigenvalue weighted by atomic mass is 10.1. The number of hydrogen-bond donors (Lipinski definition) is 1. The summed E-state index contributed by atoms with van der Waals surface area (Å²) < 4.78 is 5.88. The van der Waals surface area contributed by atoms with Crippen molar-refractivity contribution in [3.63, 3.8) is 0 Å². The van der Waals surface area contributed by atoms with Crippen LogP contribution < -0.4 is 10.3 Å². The van der Waals surface area contributed by atoms with Crippen LogP contribution in [0.1, 0.15) is 27.8 Å². The zero-order valence-corrected chi connectivity index (χ0v) is 18.1. The van der Waals surface area contributed by atoms with Crippen molar-refractivity contribution in [1.82, 2.24) is 19.9 Å². The summed E-state index contributed by atoms with van der Waals surface area (Å²) in [5.41, 5.74) is 3.66. The zero-order valence-electron chi connectivity index (χ0n) is 17.3. The van der Waals surface area contributed by atoms with Crippen LogP contribution in [0.2, 0.25) is 0 Å². The van der Waals surface area contributed by atoms with E-state index < -0.39 is 0 Å². The van der Waals surface area contributed by atoms with Crippen molar-refractivity contribution in [2.45, 2.75) is 24.3 Å². The van der Waals surface area contributed by atoms with Gasteiger partial charge in [0.25, 0.3) is 5.56 Å². The minimum absolute atomic E-state index is 0.189. The van der Waals surface area contributed by atoms with Gasteiger partial charge in [0.2, 0.25) is 0 Å². The molecule has 0 amide bonds. The highest BCUT2D eigenvalue weighted by molar-refractivity contribution is 7.98. The third-order valence-corrected chi connectivity index (χ3v) is 5.57. The summed E-state index contributed by atoms with van der Waals surface area (Å²) in [6.45, 7) is 1.99. The molecule has 2 aromatic carbocycles. The van der Waals surface area contributed by atoms with E-state index in [1.807, 2.05) is 37.3 Å². The molecule has 7 nitrogen and oxygen atoms in total. The van der Waals surface area contributed by atoms with Crippen LogP contribution in [-0.2, 0) is 12.2 Å². The quantitative estimate of drug-likeness (QED) is 0.334. The van der Waals surface area contributed by atoms with Gasteiger partial charge in [0, 0.05) is 36.3 Å². The summed E-state index contributed by atoms with van der Waals surface area (Å²) >= 11 is 1.39. The average Bonchev–Trinajstić information content (AvgIpc) is 2.81. The first-order valence-electron chi connectivity index (χ1n) is 9.83. The average molecular weight is 442 g/mol. The van der Waals surface area contributed by atoms with Crippen molar-refractivity contribution in [3.8, 4) is 17.6 Å². The number of rotatable bonds is 7. The number of aromatic nitrogens is 4. The summed E-state index contributed by atoms with van der Waals surface area (Å²) in [7, 11) is 0. The first kappa shape index (κ1) is 21.3. The highest BCUT2D eigenvalue weighted by Crippen LogP contribution is 2.28. The largest absolute Gasteiger partial charge is 0.456 e. The summed E-state index contributed by atoms with van der Waals surface area (Å²) in [5.74, 6) is 1.74. The molecule has 0 atom stereocenters. The minimum Gasteiger partial charge on any atom is -0.456 e. The topological polar surface area (TPSA) is 105 Å². The highest BCUT2D eigenvalue weighted by Gasteiger charge is 2.09. The summed E-state index contributed by atoms with van der Waals surface area (Å²) in [6, 6.07) is 15.3. The van der Waals surface area contributed by atoms with E-state index in [0.717, 1.165) is 16.7 Å². The van der Waals surface area contributed by atoms with Crippen LogP contribution in [0, 0.1) is 18.3 Å². The molecule has 8 heteroatoms. The number of H-pyrrole nitrogens is 1. The lowest BCUT2D eigenvalue weighted by Gasteiger charge is -2.10. The van der Waals surface area contributed by atoms with Crippen LogP contribution in [0.3, 0.4) is 0 Å². The molecule has 4 aromatic rings. The SMILES string of the molecule is Cc1cccc(Oc2ccc(CSc3ncc(Cc4cncnc4)c(=O)[nH]3)cc2C#N)c1. The van der Waals surface area contributed by atoms with Crippen LogP contribution >= 0.6 is 11.8 Å². The summed E-state index contributed by atoms with van der Waals surface area (Å²) in [4.78, 5) is 27.5. The van der Waals surface area contributed by atoms with E-state index in [2.05, 4.69) is 26.0 Å². The second-order valence-corrected chi connectivity index (χ2v) is 8.08. The number of nitriles is 1. The third-order valence-electron chi connectivity index (χ3n) is 4.62. The van der Waals surface area contributed by atoms with E-state index in [9.17, 15) is 10.1 Å². The first-order chi connectivity index (χ1) is 15.6. The van der Waals surface area contributed by atoms with Crippen molar-refractivity contribution in [2.24, 2.45) is 0 Å². The molecule has 32 heavy (non-hydrogen) atoms. The maximum absolute atomic E-state index is 12.4. The number of aromatic amines is 1. The number of aryl methyl sites for hydroxylation is 1. The van der Waals surface area contributed by atoms with E-state index in [1.54, 1.807) is 30.7 Å². The molecule has 0 bridgehead atoms. The molecule has 0 aliphatic heterocycles. The first-order valence-corrected chi connectivity index (χ1v) is 10.8. The summed E-state index contributed by atoms with van der Waals surface area (Å²) in [5, 5.41) is 10.1. The molecule has 158 valence electrons. The number of benzene rings is 2. The van der Waals surface area contributed by atoms with E-state index in [4.69, 9.17) is 4.74 Å². The minimum atomic E-state index is -0.189. The van der Waals surface area contributed by atoms with Gasteiger partial charge in [-0.15, -0.1) is 0 Å². The normalized spacial score (nSPS) is 10.5. The van der Waals surface area contributed by atoms with Crippen molar-refractivity contribution >= 4 is 11.8 Å². The van der Waals surface area contributed by atoms with Gasteiger partial charge in [0.1, 0.15) is 23.9 Å². The number of thioether (sulfide) groups is 1. The Balaban J connectivity index is 1.43.